The molecule has 0 aliphatic heterocycles. The maximum atomic E-state index is 13.4. The minimum atomic E-state index is -0.944. The molecule has 0 saturated carbocycles. The third-order valence-electron chi connectivity index (χ3n) is 2.27. The molecule has 1 rings (SSSR count). The summed E-state index contributed by atoms with van der Waals surface area (Å²) in [5.74, 6) is -1.62. The van der Waals surface area contributed by atoms with Gasteiger partial charge in [0.2, 0.25) is 0 Å². The molecule has 0 heterocycles. The van der Waals surface area contributed by atoms with E-state index >= 15 is 0 Å². The van der Waals surface area contributed by atoms with Gasteiger partial charge >= 0.3 is 0 Å². The molecule has 0 spiro atoms. The maximum absolute atomic E-state index is 13.4. The van der Waals surface area contributed by atoms with Crippen molar-refractivity contribution in [1.29, 1.82) is 0 Å². The summed E-state index contributed by atoms with van der Waals surface area (Å²) in [6.45, 7) is 1.85. The van der Waals surface area contributed by atoms with E-state index < -0.39 is 17.7 Å². The Labute approximate surface area is 93.2 Å². The average molecular weight is 228 g/mol. The maximum Gasteiger partial charge on any atom is 0.166 e. The third kappa shape index (κ3) is 2.85. The Morgan fingerprint density at radius 3 is 2.62 bits per heavy atom. The number of rotatable bonds is 5. The zero-order valence-electron chi connectivity index (χ0n) is 9.30. The predicted octanol–water partition coefficient (Wildman–Crippen LogP) is 3.02. The number of hydrogen-bond acceptors (Lipinski definition) is 2. The van der Waals surface area contributed by atoms with Crippen LogP contribution in [0.25, 0.3) is 0 Å². The molecule has 16 heavy (non-hydrogen) atoms. The summed E-state index contributed by atoms with van der Waals surface area (Å²) < 4.78 is 31.1. The van der Waals surface area contributed by atoms with E-state index in [9.17, 15) is 13.6 Å². The van der Waals surface area contributed by atoms with Crippen LogP contribution < -0.4 is 0 Å². The van der Waals surface area contributed by atoms with Crippen molar-refractivity contribution in [3.63, 3.8) is 0 Å². The number of carbonyl (C=O) groups is 1. The predicted molar refractivity (Wildman–Crippen MR) is 56.0 cm³/mol. The van der Waals surface area contributed by atoms with Crippen molar-refractivity contribution in [3.05, 3.63) is 35.4 Å². The van der Waals surface area contributed by atoms with Crippen molar-refractivity contribution >= 4 is 5.78 Å². The molecule has 0 aliphatic carbocycles. The lowest BCUT2D eigenvalue weighted by molar-refractivity contribution is -0.129. The lowest BCUT2D eigenvalue weighted by atomic mass is 10.0. The zero-order valence-corrected chi connectivity index (χ0v) is 9.30. The first-order valence-electron chi connectivity index (χ1n) is 5.10. The van der Waals surface area contributed by atoms with Crippen LogP contribution >= 0.6 is 0 Å². The van der Waals surface area contributed by atoms with Gasteiger partial charge in [0.1, 0.15) is 17.7 Å². The minimum absolute atomic E-state index is 0.0855. The van der Waals surface area contributed by atoms with E-state index in [2.05, 4.69) is 0 Å². The Hall–Kier alpha value is -1.29. The van der Waals surface area contributed by atoms with Gasteiger partial charge in [0.15, 0.2) is 5.78 Å². The topological polar surface area (TPSA) is 26.3 Å². The van der Waals surface area contributed by atoms with Crippen molar-refractivity contribution in [2.45, 2.75) is 25.9 Å². The second-order valence-electron chi connectivity index (χ2n) is 3.50. The van der Waals surface area contributed by atoms with Gasteiger partial charge < -0.3 is 4.74 Å². The fraction of sp³-hybridized carbons (Fsp3) is 0.417. The van der Waals surface area contributed by atoms with Crippen molar-refractivity contribution < 1.29 is 18.3 Å². The van der Waals surface area contributed by atoms with Gasteiger partial charge in [-0.1, -0.05) is 13.0 Å². The van der Waals surface area contributed by atoms with Crippen molar-refractivity contribution in [1.82, 2.24) is 0 Å². The highest BCUT2D eigenvalue weighted by atomic mass is 19.1. The van der Waals surface area contributed by atoms with Crippen LogP contribution in [0.5, 0.6) is 0 Å². The number of hydrogen-bond donors (Lipinski definition) is 0. The largest absolute Gasteiger partial charge is 0.369 e. The van der Waals surface area contributed by atoms with E-state index in [4.69, 9.17) is 4.74 Å². The Kier molecular flexibility index (Phi) is 4.55. The van der Waals surface area contributed by atoms with Crippen LogP contribution in [-0.2, 0) is 9.53 Å². The highest BCUT2D eigenvalue weighted by Gasteiger charge is 2.22. The molecule has 0 aliphatic rings. The van der Waals surface area contributed by atoms with E-state index in [-0.39, 0.29) is 11.3 Å². The zero-order chi connectivity index (χ0) is 12.1. The molecule has 88 valence electrons. The molecule has 1 unspecified atom stereocenters. The molecule has 0 amide bonds. The van der Waals surface area contributed by atoms with Crippen molar-refractivity contribution in [2.24, 2.45) is 0 Å². The average Bonchev–Trinajstić information content (AvgIpc) is 2.22. The molecule has 2 nitrogen and oxygen atoms in total. The molecule has 0 radical (unpaired) electrons. The van der Waals surface area contributed by atoms with Gasteiger partial charge in [-0.25, -0.2) is 8.78 Å². The van der Waals surface area contributed by atoms with E-state index in [0.29, 0.717) is 12.8 Å². The van der Waals surface area contributed by atoms with Crippen molar-refractivity contribution in [2.75, 3.05) is 7.11 Å². The van der Waals surface area contributed by atoms with Gasteiger partial charge in [0.25, 0.3) is 0 Å². The molecule has 4 heteroatoms. The van der Waals surface area contributed by atoms with Crippen LogP contribution in [0, 0.1) is 11.6 Å². The van der Waals surface area contributed by atoms with Gasteiger partial charge in [-0.2, -0.15) is 0 Å². The van der Waals surface area contributed by atoms with Crippen molar-refractivity contribution in [3.8, 4) is 0 Å². The molecular weight excluding hydrogens is 214 g/mol. The lowest BCUT2D eigenvalue weighted by Gasteiger charge is -2.14. The molecule has 1 atom stereocenters. The molecule has 0 aromatic heterocycles. The normalized spacial score (nSPS) is 12.5. The summed E-state index contributed by atoms with van der Waals surface area (Å²) >= 11 is 0. The summed E-state index contributed by atoms with van der Waals surface area (Å²) in [5.41, 5.74) is 0.0855. The molecule has 1 aromatic carbocycles. The quantitative estimate of drug-likeness (QED) is 0.774. The van der Waals surface area contributed by atoms with E-state index in [1.807, 2.05) is 6.92 Å². The summed E-state index contributed by atoms with van der Waals surface area (Å²) in [6.07, 6.45) is 0.0390. The monoisotopic (exact) mass is 228 g/mol. The van der Waals surface area contributed by atoms with Gasteiger partial charge in [0.05, 0.1) is 0 Å². The van der Waals surface area contributed by atoms with E-state index in [1.54, 1.807) is 0 Å². The number of ether oxygens (including phenoxy) is 1. The van der Waals surface area contributed by atoms with Gasteiger partial charge in [-0.05, 0) is 12.5 Å². The van der Waals surface area contributed by atoms with Crippen LogP contribution in [-0.4, -0.2) is 12.9 Å². The van der Waals surface area contributed by atoms with Crippen LogP contribution in [0.4, 0.5) is 8.78 Å². The number of halogens is 2. The second-order valence-corrected chi connectivity index (χ2v) is 3.50. The molecule has 0 saturated heterocycles. The van der Waals surface area contributed by atoms with Gasteiger partial charge in [-0.3, -0.25) is 4.79 Å². The molecule has 0 N–H and O–H groups in total. The smallest absolute Gasteiger partial charge is 0.166 e. The van der Waals surface area contributed by atoms with Crippen LogP contribution in [0.3, 0.4) is 0 Å². The second kappa shape index (κ2) is 5.70. The van der Waals surface area contributed by atoms with Crippen LogP contribution in [0.15, 0.2) is 18.2 Å². The Morgan fingerprint density at radius 2 is 2.12 bits per heavy atom. The van der Waals surface area contributed by atoms with Gasteiger partial charge in [0, 0.05) is 25.2 Å². The molecule has 0 fully saturated rings. The summed E-state index contributed by atoms with van der Waals surface area (Å²) in [4.78, 5) is 11.6. The first kappa shape index (κ1) is 12.8. The molecule has 1 aromatic rings. The first-order valence-corrected chi connectivity index (χ1v) is 5.10. The van der Waals surface area contributed by atoms with Gasteiger partial charge in [-0.15, -0.1) is 0 Å². The number of benzene rings is 1. The first-order chi connectivity index (χ1) is 7.60. The van der Waals surface area contributed by atoms with E-state index in [0.717, 1.165) is 12.1 Å². The SMILES string of the molecule is CCCC(=O)C(OC)c1ccc(F)cc1F. The fourth-order valence-corrected chi connectivity index (χ4v) is 1.52. The highest BCUT2D eigenvalue weighted by Crippen LogP contribution is 2.23. The third-order valence-corrected chi connectivity index (χ3v) is 2.27. The number of carbonyl (C=O) groups excluding carboxylic acids is 1. The Morgan fingerprint density at radius 1 is 1.44 bits per heavy atom. The fourth-order valence-electron chi connectivity index (χ4n) is 1.52. The van der Waals surface area contributed by atoms with Crippen LogP contribution in [0.1, 0.15) is 31.4 Å². The lowest BCUT2D eigenvalue weighted by Crippen LogP contribution is -2.15. The summed E-state index contributed by atoms with van der Waals surface area (Å²) in [5, 5.41) is 0. The number of ketones is 1. The molecular formula is C12H14F2O2. The standard InChI is InChI=1S/C12H14F2O2/c1-3-4-11(15)12(16-2)9-6-5-8(13)7-10(9)14/h5-7,12H,3-4H2,1-2H3. The van der Waals surface area contributed by atoms with E-state index in [1.165, 1.54) is 13.2 Å². The molecule has 0 bridgehead atoms. The number of methoxy groups -OCH3 is 1. The summed E-state index contributed by atoms with van der Waals surface area (Å²) in [7, 11) is 1.33. The minimum Gasteiger partial charge on any atom is -0.369 e. The highest BCUT2D eigenvalue weighted by molar-refractivity contribution is 5.84. The Bertz CT molecular complexity index is 377. The number of Topliss-reactive ketones (excluding diaryl/α,β-unsaturated/α-hetero) is 1. The van der Waals surface area contributed by atoms with Crippen LogP contribution in [0.2, 0.25) is 0 Å². The Balaban J connectivity index is 2.99. The summed E-state index contributed by atoms with van der Waals surface area (Å²) in [6, 6.07) is 3.11.